The van der Waals surface area contributed by atoms with Crippen molar-refractivity contribution < 1.29 is 22.3 Å². The highest BCUT2D eigenvalue weighted by molar-refractivity contribution is 7.89. The van der Waals surface area contributed by atoms with Crippen LogP contribution >= 0.6 is 0 Å². The third kappa shape index (κ3) is 4.13. The van der Waals surface area contributed by atoms with Crippen molar-refractivity contribution in [3.8, 4) is 11.4 Å². The number of aromatic nitrogens is 1. The van der Waals surface area contributed by atoms with E-state index in [1.165, 1.54) is 30.3 Å². The molecule has 0 saturated carbocycles. The molecule has 0 radical (unpaired) electrons. The Balaban J connectivity index is 1.81. The van der Waals surface area contributed by atoms with Gasteiger partial charge in [-0.3, -0.25) is 4.79 Å². The lowest BCUT2D eigenvalue weighted by Crippen LogP contribution is -2.14. The van der Waals surface area contributed by atoms with Crippen LogP contribution < -0.4 is 9.88 Å². The van der Waals surface area contributed by atoms with E-state index in [-0.39, 0.29) is 28.9 Å². The van der Waals surface area contributed by atoms with Crippen molar-refractivity contribution in [2.75, 3.05) is 6.61 Å². The lowest BCUT2D eigenvalue weighted by molar-refractivity contribution is 0.0920. The molecular weight excluding hydrogens is 383 g/mol. The van der Waals surface area contributed by atoms with E-state index in [1.54, 1.807) is 31.2 Å². The number of hydrogen-bond acceptors (Lipinski definition) is 4. The number of halogens is 1. The Morgan fingerprint density at radius 3 is 2.43 bits per heavy atom. The summed E-state index contributed by atoms with van der Waals surface area (Å²) in [5, 5.41) is 5.10. The van der Waals surface area contributed by atoms with E-state index < -0.39 is 10.0 Å². The molecule has 8 heteroatoms. The van der Waals surface area contributed by atoms with Crippen molar-refractivity contribution >= 4 is 15.8 Å². The van der Waals surface area contributed by atoms with Gasteiger partial charge in [-0.05, 0) is 56.3 Å². The number of hydrogen-bond donors (Lipinski definition) is 1. The first kappa shape index (κ1) is 19.8. The van der Waals surface area contributed by atoms with Gasteiger partial charge in [0.2, 0.25) is 15.8 Å². The third-order valence-corrected chi connectivity index (χ3v) is 5.23. The summed E-state index contributed by atoms with van der Waals surface area (Å²) in [6.07, 6.45) is 0. The predicted molar refractivity (Wildman–Crippen MR) is 103 cm³/mol. The number of aryl methyl sites for hydroxylation is 1. The molecule has 0 aliphatic rings. The minimum Gasteiger partial charge on any atom is -0.485 e. The topological polar surface area (TPSA) is 91.4 Å². The first-order valence-electron chi connectivity index (χ1n) is 8.40. The normalized spacial score (nSPS) is 11.4. The molecule has 1 heterocycles. The smallest absolute Gasteiger partial charge is 0.238 e. The molecule has 0 aliphatic heterocycles. The van der Waals surface area contributed by atoms with Crippen molar-refractivity contribution in [1.82, 2.24) is 4.57 Å². The van der Waals surface area contributed by atoms with Crippen LogP contribution in [0.1, 0.15) is 21.7 Å². The number of nitrogens with two attached hydrogens (primary N) is 1. The minimum absolute atomic E-state index is 0.0908. The summed E-state index contributed by atoms with van der Waals surface area (Å²) < 4.78 is 43.3. The Morgan fingerprint density at radius 1 is 1.11 bits per heavy atom. The molecule has 0 fully saturated rings. The molecule has 0 saturated heterocycles. The fourth-order valence-electron chi connectivity index (χ4n) is 3.00. The first-order chi connectivity index (χ1) is 13.2. The fraction of sp³-hybridized carbons (Fsp3) is 0.150. The van der Waals surface area contributed by atoms with Crippen LogP contribution in [0.2, 0.25) is 0 Å². The molecule has 0 aliphatic carbocycles. The zero-order chi connectivity index (χ0) is 20.5. The number of Topliss-reactive ketones (excluding diaryl/α,β-unsaturated/α-hetero) is 1. The molecule has 2 aromatic carbocycles. The molecule has 3 aromatic rings. The maximum absolute atomic E-state index is 13.2. The molecule has 0 bridgehead atoms. The van der Waals surface area contributed by atoms with Crippen molar-refractivity contribution in [3.63, 3.8) is 0 Å². The van der Waals surface area contributed by atoms with Crippen molar-refractivity contribution in [2.24, 2.45) is 5.14 Å². The first-order valence-corrected chi connectivity index (χ1v) is 9.95. The Labute approximate surface area is 162 Å². The van der Waals surface area contributed by atoms with Gasteiger partial charge in [-0.1, -0.05) is 6.07 Å². The highest BCUT2D eigenvalue weighted by atomic mass is 32.2. The molecular formula is C20H19FN2O4S. The predicted octanol–water partition coefficient (Wildman–Crippen LogP) is 3.14. The van der Waals surface area contributed by atoms with E-state index in [0.29, 0.717) is 11.3 Å². The second kappa shape index (κ2) is 7.57. The molecule has 0 spiro atoms. The summed E-state index contributed by atoms with van der Waals surface area (Å²) in [5.41, 5.74) is 2.75. The number of carbonyl (C=O) groups excluding carboxylic acids is 1. The van der Waals surface area contributed by atoms with Crippen LogP contribution in [0.15, 0.2) is 59.5 Å². The van der Waals surface area contributed by atoms with E-state index >= 15 is 0 Å². The van der Waals surface area contributed by atoms with Gasteiger partial charge in [-0.15, -0.1) is 0 Å². The van der Waals surface area contributed by atoms with Crippen LogP contribution in [0.3, 0.4) is 0 Å². The highest BCUT2D eigenvalue weighted by Gasteiger charge is 2.18. The largest absolute Gasteiger partial charge is 0.485 e. The highest BCUT2D eigenvalue weighted by Crippen LogP contribution is 2.22. The number of primary sulfonamides is 1. The minimum atomic E-state index is -3.85. The van der Waals surface area contributed by atoms with Crippen LogP contribution in [-0.2, 0) is 10.0 Å². The molecule has 1 aromatic heterocycles. The Bertz CT molecular complexity index is 1140. The maximum atomic E-state index is 13.2. The maximum Gasteiger partial charge on any atom is 0.238 e. The summed E-state index contributed by atoms with van der Waals surface area (Å²) >= 11 is 0. The van der Waals surface area contributed by atoms with Gasteiger partial charge in [0, 0.05) is 28.7 Å². The van der Waals surface area contributed by atoms with Gasteiger partial charge in [-0.2, -0.15) is 0 Å². The average Bonchev–Trinajstić information content (AvgIpc) is 2.94. The quantitative estimate of drug-likeness (QED) is 0.641. The van der Waals surface area contributed by atoms with Crippen LogP contribution in [0.4, 0.5) is 4.39 Å². The number of benzene rings is 2. The lowest BCUT2D eigenvalue weighted by Gasteiger charge is -2.10. The summed E-state index contributed by atoms with van der Waals surface area (Å²) in [6, 6.07) is 13.4. The van der Waals surface area contributed by atoms with Crippen LogP contribution in [-0.4, -0.2) is 25.4 Å². The van der Waals surface area contributed by atoms with Gasteiger partial charge in [0.15, 0.2) is 6.61 Å². The lowest BCUT2D eigenvalue weighted by atomic mass is 10.1. The average molecular weight is 402 g/mol. The molecule has 146 valence electrons. The van der Waals surface area contributed by atoms with Gasteiger partial charge >= 0.3 is 0 Å². The standard InChI is InChI=1S/C20H19FN2O4S/c1-13-10-19(14(2)23(13)16-8-6-15(21)7-9-16)20(24)12-27-17-4-3-5-18(11-17)28(22,25)26/h3-11H,12H2,1-2H3,(H2,22,25,26). The van der Waals surface area contributed by atoms with Gasteiger partial charge < -0.3 is 9.30 Å². The second-order valence-electron chi connectivity index (χ2n) is 6.33. The van der Waals surface area contributed by atoms with Gasteiger partial charge in [0.25, 0.3) is 0 Å². The SMILES string of the molecule is Cc1cc(C(=O)COc2cccc(S(N)(=O)=O)c2)c(C)n1-c1ccc(F)cc1. The summed E-state index contributed by atoms with van der Waals surface area (Å²) in [4.78, 5) is 12.5. The van der Waals surface area contributed by atoms with Crippen LogP contribution in [0.5, 0.6) is 5.75 Å². The van der Waals surface area contributed by atoms with Gasteiger partial charge in [0.1, 0.15) is 11.6 Å². The van der Waals surface area contributed by atoms with E-state index in [4.69, 9.17) is 9.88 Å². The van der Waals surface area contributed by atoms with E-state index in [9.17, 15) is 17.6 Å². The number of carbonyl (C=O) groups is 1. The number of ether oxygens (including phenoxy) is 1. The Kier molecular flexibility index (Phi) is 5.35. The molecule has 0 atom stereocenters. The van der Waals surface area contributed by atoms with Crippen molar-refractivity contribution in [2.45, 2.75) is 18.7 Å². The van der Waals surface area contributed by atoms with E-state index in [2.05, 4.69) is 0 Å². The molecule has 3 rings (SSSR count). The summed E-state index contributed by atoms with van der Waals surface area (Å²) in [7, 11) is -3.85. The number of sulfonamides is 1. The van der Waals surface area contributed by atoms with Crippen LogP contribution in [0, 0.1) is 19.7 Å². The summed E-state index contributed by atoms with van der Waals surface area (Å²) in [5.74, 6) is -0.368. The molecule has 28 heavy (non-hydrogen) atoms. The monoisotopic (exact) mass is 402 g/mol. The van der Waals surface area contributed by atoms with Gasteiger partial charge in [0.05, 0.1) is 4.90 Å². The Hall–Kier alpha value is -2.97. The van der Waals surface area contributed by atoms with Crippen molar-refractivity contribution in [3.05, 3.63) is 77.4 Å². The summed E-state index contributed by atoms with van der Waals surface area (Å²) in [6.45, 7) is 3.39. The van der Waals surface area contributed by atoms with E-state index in [1.807, 2.05) is 11.5 Å². The molecule has 6 nitrogen and oxygen atoms in total. The fourth-order valence-corrected chi connectivity index (χ4v) is 3.55. The number of nitrogens with zero attached hydrogens (tertiary/aromatic N) is 1. The Morgan fingerprint density at radius 2 is 1.79 bits per heavy atom. The number of rotatable bonds is 6. The molecule has 0 unspecified atom stereocenters. The molecule has 0 amide bonds. The molecule has 2 N–H and O–H groups in total. The zero-order valence-corrected chi connectivity index (χ0v) is 16.2. The van der Waals surface area contributed by atoms with E-state index in [0.717, 1.165) is 11.4 Å². The van der Waals surface area contributed by atoms with Gasteiger partial charge in [-0.25, -0.2) is 17.9 Å². The van der Waals surface area contributed by atoms with Crippen LogP contribution in [0.25, 0.3) is 5.69 Å². The third-order valence-electron chi connectivity index (χ3n) is 4.32. The zero-order valence-electron chi connectivity index (χ0n) is 15.3. The number of ketones is 1. The second-order valence-corrected chi connectivity index (χ2v) is 7.89. The van der Waals surface area contributed by atoms with Crippen molar-refractivity contribution in [1.29, 1.82) is 0 Å².